The number of hydrogen-bond acceptors (Lipinski definition) is 4. The van der Waals surface area contributed by atoms with Crippen molar-refractivity contribution in [2.45, 2.75) is 39.2 Å². The number of carbonyl (C=O) groups is 1. The highest BCUT2D eigenvalue weighted by atomic mass is 35.5. The van der Waals surface area contributed by atoms with Crippen LogP contribution in [0.25, 0.3) is 0 Å². The summed E-state index contributed by atoms with van der Waals surface area (Å²) >= 11 is 0. The van der Waals surface area contributed by atoms with Gasteiger partial charge in [0.25, 0.3) is 0 Å². The van der Waals surface area contributed by atoms with E-state index in [1.54, 1.807) is 0 Å². The number of nitrogens with two attached hydrogens (primary N) is 1. The van der Waals surface area contributed by atoms with Crippen molar-refractivity contribution in [3.8, 4) is 0 Å². The van der Waals surface area contributed by atoms with E-state index in [-0.39, 0.29) is 30.9 Å². The van der Waals surface area contributed by atoms with Crippen LogP contribution in [0.5, 0.6) is 0 Å². The molecule has 2 heterocycles. The Balaban J connectivity index is 0.00000196. The lowest BCUT2D eigenvalue weighted by atomic mass is 9.92. The van der Waals surface area contributed by atoms with Crippen molar-refractivity contribution >= 4 is 36.4 Å². The van der Waals surface area contributed by atoms with Gasteiger partial charge in [0.1, 0.15) is 0 Å². The molecule has 160 valence electrons. The van der Waals surface area contributed by atoms with Crippen molar-refractivity contribution < 1.29 is 4.79 Å². The monoisotopic (exact) mass is 430 g/mol. The number of hydrogen-bond donors (Lipinski definition) is 1. The van der Waals surface area contributed by atoms with Crippen LogP contribution in [-0.2, 0) is 4.79 Å². The Morgan fingerprint density at radius 2 is 1.89 bits per heavy atom. The van der Waals surface area contributed by atoms with E-state index < -0.39 is 0 Å². The van der Waals surface area contributed by atoms with Crippen LogP contribution in [0.1, 0.15) is 31.7 Å². The minimum Gasteiger partial charge on any atom is -0.369 e. The quantitative estimate of drug-likeness (QED) is 0.779. The van der Waals surface area contributed by atoms with Crippen molar-refractivity contribution in [3.63, 3.8) is 0 Å². The molecule has 2 aliphatic heterocycles. The number of amides is 1. The second kappa shape index (κ2) is 11.9. The number of anilines is 1. The minimum absolute atomic E-state index is 0. The number of likely N-dealkylation sites (tertiary alicyclic amines) is 1. The summed E-state index contributed by atoms with van der Waals surface area (Å²) in [6, 6.07) is 8.90. The molecule has 2 atom stereocenters. The van der Waals surface area contributed by atoms with E-state index in [0.29, 0.717) is 18.2 Å². The largest absolute Gasteiger partial charge is 0.369 e. The number of aryl methyl sites for hydroxylation is 1. The van der Waals surface area contributed by atoms with Gasteiger partial charge in [-0.15, -0.1) is 24.8 Å². The Morgan fingerprint density at radius 1 is 1.18 bits per heavy atom. The third kappa shape index (κ3) is 6.80. The molecule has 0 spiro atoms. The highest BCUT2D eigenvalue weighted by molar-refractivity contribution is 5.85. The van der Waals surface area contributed by atoms with Gasteiger partial charge in [-0.25, -0.2) is 0 Å². The first kappa shape index (κ1) is 25.0. The van der Waals surface area contributed by atoms with E-state index >= 15 is 0 Å². The fraction of sp³-hybridized carbons (Fsp3) is 0.667. The first-order valence-electron chi connectivity index (χ1n) is 10.1. The summed E-state index contributed by atoms with van der Waals surface area (Å²) in [4.78, 5) is 19.5. The molecule has 1 aromatic rings. The van der Waals surface area contributed by atoms with Crippen LogP contribution in [0.3, 0.4) is 0 Å². The SMILES string of the molecule is Cc1cccc(N2CCN(CCC(=O)N3CCCC(C(C)N)C3)CC2)c1.Cl.Cl. The average Bonchev–Trinajstić information content (AvgIpc) is 2.66. The van der Waals surface area contributed by atoms with E-state index in [1.165, 1.54) is 11.3 Å². The smallest absolute Gasteiger partial charge is 0.223 e. The maximum Gasteiger partial charge on any atom is 0.223 e. The zero-order chi connectivity index (χ0) is 18.5. The van der Waals surface area contributed by atoms with Crippen LogP contribution < -0.4 is 10.6 Å². The Morgan fingerprint density at radius 3 is 2.54 bits per heavy atom. The van der Waals surface area contributed by atoms with E-state index in [4.69, 9.17) is 5.73 Å². The Labute approximate surface area is 182 Å². The van der Waals surface area contributed by atoms with Crippen molar-refractivity contribution in [1.82, 2.24) is 9.80 Å². The highest BCUT2D eigenvalue weighted by Crippen LogP contribution is 2.20. The molecule has 5 nitrogen and oxygen atoms in total. The average molecular weight is 431 g/mol. The second-order valence-corrected chi connectivity index (χ2v) is 8.02. The molecule has 28 heavy (non-hydrogen) atoms. The van der Waals surface area contributed by atoms with E-state index in [2.05, 4.69) is 47.9 Å². The van der Waals surface area contributed by atoms with Crippen LogP contribution in [0, 0.1) is 12.8 Å². The molecular weight excluding hydrogens is 395 g/mol. The topological polar surface area (TPSA) is 52.8 Å². The first-order chi connectivity index (χ1) is 12.5. The van der Waals surface area contributed by atoms with Gasteiger partial charge in [-0.05, 0) is 50.3 Å². The number of carbonyl (C=O) groups excluding carboxylic acids is 1. The number of piperidine rings is 1. The predicted octanol–water partition coefficient (Wildman–Crippen LogP) is 2.94. The van der Waals surface area contributed by atoms with Gasteiger partial charge in [-0.3, -0.25) is 9.69 Å². The Kier molecular flexibility index (Phi) is 10.6. The molecule has 2 N–H and O–H groups in total. The summed E-state index contributed by atoms with van der Waals surface area (Å²) in [5.74, 6) is 0.766. The van der Waals surface area contributed by atoms with Crippen molar-refractivity contribution in [2.24, 2.45) is 11.7 Å². The maximum atomic E-state index is 12.6. The summed E-state index contributed by atoms with van der Waals surface area (Å²) in [6.07, 6.45) is 2.88. The lowest BCUT2D eigenvalue weighted by Crippen LogP contribution is -2.48. The van der Waals surface area contributed by atoms with Crippen molar-refractivity contribution in [3.05, 3.63) is 29.8 Å². The van der Waals surface area contributed by atoms with Gasteiger partial charge in [0, 0.05) is 64.0 Å². The van der Waals surface area contributed by atoms with E-state index in [1.807, 2.05) is 4.90 Å². The summed E-state index contributed by atoms with van der Waals surface area (Å²) in [5.41, 5.74) is 8.66. The number of halogens is 2. The van der Waals surface area contributed by atoms with Crippen molar-refractivity contribution in [2.75, 3.05) is 50.7 Å². The van der Waals surface area contributed by atoms with Crippen LogP contribution in [0.15, 0.2) is 24.3 Å². The number of nitrogens with zero attached hydrogens (tertiary/aromatic N) is 3. The fourth-order valence-electron chi connectivity index (χ4n) is 4.13. The first-order valence-corrected chi connectivity index (χ1v) is 10.1. The molecule has 2 unspecified atom stereocenters. The van der Waals surface area contributed by atoms with Crippen LogP contribution in [-0.4, -0.2) is 67.6 Å². The molecule has 0 aliphatic carbocycles. The fourth-order valence-corrected chi connectivity index (χ4v) is 4.13. The van der Waals surface area contributed by atoms with Crippen molar-refractivity contribution in [1.29, 1.82) is 0 Å². The third-order valence-electron chi connectivity index (χ3n) is 5.94. The second-order valence-electron chi connectivity index (χ2n) is 8.02. The normalized spacial score (nSPS) is 21.5. The summed E-state index contributed by atoms with van der Waals surface area (Å²) in [5, 5.41) is 0. The molecule has 3 rings (SSSR count). The standard InChI is InChI=1S/C21H34N4O.2ClH/c1-17-5-3-7-20(15-17)24-13-11-23(12-14-24)10-8-21(26)25-9-4-6-19(16-25)18(2)22;;/h3,5,7,15,18-19H,4,6,8-14,16,22H2,1-2H3;2*1H. The van der Waals surface area contributed by atoms with Gasteiger partial charge in [0.05, 0.1) is 0 Å². The highest BCUT2D eigenvalue weighted by Gasteiger charge is 2.26. The summed E-state index contributed by atoms with van der Waals surface area (Å²) in [6.45, 7) is 11.0. The molecule has 1 amide bonds. The van der Waals surface area contributed by atoms with Crippen LogP contribution in [0.4, 0.5) is 5.69 Å². The molecule has 2 saturated heterocycles. The lowest BCUT2D eigenvalue weighted by molar-refractivity contribution is -0.133. The van der Waals surface area contributed by atoms with Crippen LogP contribution >= 0.6 is 24.8 Å². The van der Waals surface area contributed by atoms with E-state index in [0.717, 1.165) is 58.7 Å². The van der Waals surface area contributed by atoms with Gasteiger partial charge in [0.15, 0.2) is 0 Å². The number of piperazine rings is 1. The molecule has 0 saturated carbocycles. The Bertz CT molecular complexity index is 606. The predicted molar refractivity (Wildman–Crippen MR) is 122 cm³/mol. The van der Waals surface area contributed by atoms with Gasteiger partial charge < -0.3 is 15.5 Å². The zero-order valence-corrected chi connectivity index (χ0v) is 18.8. The maximum absolute atomic E-state index is 12.6. The third-order valence-corrected chi connectivity index (χ3v) is 5.94. The minimum atomic E-state index is 0. The molecule has 1 aromatic carbocycles. The number of benzene rings is 1. The van der Waals surface area contributed by atoms with Gasteiger partial charge in [-0.2, -0.15) is 0 Å². The Hall–Kier alpha value is -1.01. The molecule has 0 aromatic heterocycles. The molecule has 0 radical (unpaired) electrons. The summed E-state index contributed by atoms with van der Waals surface area (Å²) < 4.78 is 0. The molecule has 2 aliphatic rings. The van der Waals surface area contributed by atoms with Gasteiger partial charge in [-0.1, -0.05) is 12.1 Å². The van der Waals surface area contributed by atoms with Gasteiger partial charge in [0.2, 0.25) is 5.91 Å². The summed E-state index contributed by atoms with van der Waals surface area (Å²) in [7, 11) is 0. The number of rotatable bonds is 5. The molecular formula is C21H36Cl2N4O. The van der Waals surface area contributed by atoms with Crippen LogP contribution in [0.2, 0.25) is 0 Å². The lowest BCUT2D eigenvalue weighted by Gasteiger charge is -2.37. The molecule has 7 heteroatoms. The molecule has 0 bridgehead atoms. The molecule has 2 fully saturated rings. The van der Waals surface area contributed by atoms with E-state index in [9.17, 15) is 4.79 Å². The zero-order valence-electron chi connectivity index (χ0n) is 17.2. The van der Waals surface area contributed by atoms with Gasteiger partial charge >= 0.3 is 0 Å².